The second kappa shape index (κ2) is 16.2. The van der Waals surface area contributed by atoms with Crippen LogP contribution in [0.1, 0.15) is 19.3 Å². The molecule has 8 heteroatoms. The highest BCUT2D eigenvalue weighted by molar-refractivity contribution is 14.1. The van der Waals surface area contributed by atoms with E-state index in [4.69, 9.17) is 0 Å². The number of alkyl halides is 2. The third kappa shape index (κ3) is 13.9. The highest BCUT2D eigenvalue weighted by Crippen LogP contribution is 2.30. The lowest BCUT2D eigenvalue weighted by atomic mass is 9.77. The molecule has 0 radical (unpaired) electrons. The van der Waals surface area contributed by atoms with Crippen molar-refractivity contribution < 1.29 is 19.8 Å². The van der Waals surface area contributed by atoms with E-state index >= 15 is 0 Å². The fourth-order valence-electron chi connectivity index (χ4n) is 1.73. The number of aliphatic carboxylic acids is 2. The zero-order valence-corrected chi connectivity index (χ0v) is 18.6. The van der Waals surface area contributed by atoms with Gasteiger partial charge in [0.05, 0.1) is 0 Å². The number of hydrogen-bond donors (Lipinski definition) is 0. The summed E-state index contributed by atoms with van der Waals surface area (Å²) in [5.74, 6) is -2.66. The molecule has 0 aromatic carbocycles. The van der Waals surface area contributed by atoms with E-state index in [9.17, 15) is 19.8 Å². The molecule has 0 unspecified atom stereocenters. The lowest BCUT2D eigenvalue weighted by Crippen LogP contribution is -2.48. The Bertz CT molecular complexity index is 289. The summed E-state index contributed by atoms with van der Waals surface area (Å²) in [5.41, 5.74) is -1.35. The van der Waals surface area contributed by atoms with Crippen LogP contribution in [0, 0.1) is 5.41 Å². The number of carbonyl (C=O) groups excluding carboxylic acids is 2. The molecule has 0 fully saturated rings. The first kappa shape index (κ1) is 27.2. The summed E-state index contributed by atoms with van der Waals surface area (Å²) in [6.07, 6.45) is -0.0225. The van der Waals surface area contributed by atoms with Crippen LogP contribution >= 0.6 is 45.2 Å². The largest absolute Gasteiger partial charge is 0.550 e. The van der Waals surface area contributed by atoms with Gasteiger partial charge in [0.25, 0.3) is 0 Å². The zero-order chi connectivity index (χ0) is 18.3. The molecule has 0 amide bonds. The van der Waals surface area contributed by atoms with Gasteiger partial charge in [-0.1, -0.05) is 45.2 Å². The Hall–Kier alpha value is 0.320. The highest BCUT2D eigenvalue weighted by Gasteiger charge is 2.31. The molecule has 0 rings (SSSR count). The molecule has 6 nitrogen and oxygen atoms in total. The molecule has 134 valence electrons. The summed E-state index contributed by atoms with van der Waals surface area (Å²) < 4.78 is 0. The smallest absolute Gasteiger partial charge is 0.0480 e. The third-order valence-corrected chi connectivity index (χ3v) is 2.99. The van der Waals surface area contributed by atoms with Crippen LogP contribution in [0.15, 0.2) is 0 Å². The maximum Gasteiger partial charge on any atom is 0.0480 e. The summed E-state index contributed by atoms with van der Waals surface area (Å²) in [6, 6.07) is 0. The van der Waals surface area contributed by atoms with Gasteiger partial charge in [-0.15, -0.1) is 0 Å². The molecule has 0 aliphatic rings. The number of halogens is 2. The van der Waals surface area contributed by atoms with Crippen molar-refractivity contribution in [2.24, 2.45) is 5.41 Å². The zero-order valence-electron chi connectivity index (χ0n) is 14.3. The lowest BCUT2D eigenvalue weighted by Gasteiger charge is -2.37. The normalized spacial score (nSPS) is 10.5. The van der Waals surface area contributed by atoms with Gasteiger partial charge >= 0.3 is 0 Å². The molecular formula is C14H28I2N2O4-2. The molecule has 0 N–H and O–H groups in total. The Kier molecular flexibility index (Phi) is 20.0. The molecule has 0 atom stereocenters. The van der Waals surface area contributed by atoms with E-state index in [1.807, 2.05) is 47.9 Å². The maximum atomic E-state index is 11.3. The first-order valence-corrected chi connectivity index (χ1v) is 11.0. The fraction of sp³-hybridized carbons (Fsp3) is 0.857. The van der Waals surface area contributed by atoms with Crippen LogP contribution in [0.2, 0.25) is 0 Å². The van der Waals surface area contributed by atoms with Gasteiger partial charge in [-0.25, -0.2) is 0 Å². The van der Waals surface area contributed by atoms with Crippen LogP contribution in [-0.4, -0.2) is 72.9 Å². The van der Waals surface area contributed by atoms with Gasteiger partial charge < -0.3 is 29.6 Å². The quantitative estimate of drug-likeness (QED) is 0.298. The van der Waals surface area contributed by atoms with Crippen molar-refractivity contribution in [2.45, 2.75) is 19.3 Å². The number of carboxylic acids is 2. The van der Waals surface area contributed by atoms with Crippen LogP contribution in [0.3, 0.4) is 0 Å². The van der Waals surface area contributed by atoms with Crippen molar-refractivity contribution in [1.82, 2.24) is 9.80 Å². The molecule has 0 aliphatic heterocycles. The Morgan fingerprint density at radius 2 is 1.18 bits per heavy atom. The minimum atomic E-state index is -1.35. The number of carbonyl (C=O) groups is 2. The van der Waals surface area contributed by atoms with Crippen LogP contribution in [0.4, 0.5) is 0 Å². The van der Waals surface area contributed by atoms with Crippen LogP contribution in [0.5, 0.6) is 0 Å². The first-order chi connectivity index (χ1) is 10.2. The van der Waals surface area contributed by atoms with Gasteiger partial charge in [0.1, 0.15) is 0 Å². The van der Waals surface area contributed by atoms with Crippen molar-refractivity contribution in [3.05, 3.63) is 0 Å². The molecule has 0 saturated heterocycles. The standard InChI is InChI=1S/C12H24N2O4.2CH3I/c1-13(2)7-5-12(11(17)18,9-10(15)16)6-8-14(3)4;2*1-2/h5-9H2,1-4H3,(H,15,16)(H,17,18);2*1H3/p-2. The third-order valence-electron chi connectivity index (χ3n) is 2.99. The summed E-state index contributed by atoms with van der Waals surface area (Å²) >= 11 is 4.30. The van der Waals surface area contributed by atoms with E-state index in [2.05, 4.69) is 45.2 Å². The van der Waals surface area contributed by atoms with Gasteiger partial charge in [-0.3, -0.25) is 0 Å². The van der Waals surface area contributed by atoms with Crippen molar-refractivity contribution >= 4 is 57.1 Å². The molecule has 0 saturated carbocycles. The Balaban J connectivity index is -0.000000826. The molecule has 22 heavy (non-hydrogen) atoms. The van der Waals surface area contributed by atoms with E-state index in [1.165, 1.54) is 0 Å². The fourth-order valence-corrected chi connectivity index (χ4v) is 1.73. The van der Waals surface area contributed by atoms with E-state index in [-0.39, 0.29) is 12.8 Å². The van der Waals surface area contributed by atoms with Crippen molar-refractivity contribution in [1.29, 1.82) is 0 Å². The molecule has 0 bridgehead atoms. The van der Waals surface area contributed by atoms with Gasteiger partial charge in [0, 0.05) is 17.4 Å². The van der Waals surface area contributed by atoms with E-state index < -0.39 is 23.8 Å². The van der Waals surface area contributed by atoms with E-state index in [0.29, 0.717) is 13.1 Å². The number of nitrogens with zero attached hydrogens (tertiary/aromatic N) is 2. The molecule has 0 aromatic heterocycles. The number of hydrogen-bond acceptors (Lipinski definition) is 6. The molecule has 0 spiro atoms. The van der Waals surface area contributed by atoms with Gasteiger partial charge in [0.2, 0.25) is 0 Å². The second-order valence-electron chi connectivity index (χ2n) is 5.22. The van der Waals surface area contributed by atoms with Gasteiger partial charge in [-0.2, -0.15) is 0 Å². The average molecular weight is 542 g/mol. The van der Waals surface area contributed by atoms with E-state index in [0.717, 1.165) is 0 Å². The topological polar surface area (TPSA) is 86.7 Å². The maximum absolute atomic E-state index is 11.3. The predicted octanol–water partition coefficient (Wildman–Crippen LogP) is -0.131. The van der Waals surface area contributed by atoms with Crippen LogP contribution in [0.25, 0.3) is 0 Å². The summed E-state index contributed by atoms with van der Waals surface area (Å²) in [4.78, 5) is 29.7. The molecular weight excluding hydrogens is 514 g/mol. The summed E-state index contributed by atoms with van der Waals surface area (Å²) in [6.45, 7) is 0.989. The summed E-state index contributed by atoms with van der Waals surface area (Å²) in [5, 5.41) is 22.1. The number of rotatable bonds is 9. The molecule has 0 aliphatic carbocycles. The Morgan fingerprint density at radius 1 is 0.864 bits per heavy atom. The van der Waals surface area contributed by atoms with Crippen LogP contribution < -0.4 is 10.2 Å². The van der Waals surface area contributed by atoms with Crippen molar-refractivity contribution in [3.63, 3.8) is 0 Å². The first-order valence-electron chi connectivity index (χ1n) is 6.66. The second-order valence-corrected chi connectivity index (χ2v) is 5.22. The average Bonchev–Trinajstić information content (AvgIpc) is 2.45. The highest BCUT2D eigenvalue weighted by atomic mass is 127. The summed E-state index contributed by atoms with van der Waals surface area (Å²) in [7, 11) is 7.24. The SMILES string of the molecule is CI.CI.CN(C)CCC(CCN(C)C)(CC(=O)[O-])C(=O)[O-]. The van der Waals surface area contributed by atoms with Gasteiger partial charge in [-0.05, 0) is 70.4 Å². The van der Waals surface area contributed by atoms with Crippen molar-refractivity contribution in [3.8, 4) is 0 Å². The molecule has 0 aromatic rings. The van der Waals surface area contributed by atoms with Crippen LogP contribution in [-0.2, 0) is 9.59 Å². The van der Waals surface area contributed by atoms with Gasteiger partial charge in [0.15, 0.2) is 0 Å². The Morgan fingerprint density at radius 3 is 1.36 bits per heavy atom. The predicted molar refractivity (Wildman–Crippen MR) is 103 cm³/mol. The monoisotopic (exact) mass is 542 g/mol. The minimum absolute atomic E-state index is 0.240. The van der Waals surface area contributed by atoms with E-state index in [1.54, 1.807) is 0 Å². The van der Waals surface area contributed by atoms with Crippen molar-refractivity contribution in [2.75, 3.05) is 51.1 Å². The number of carboxylic acid groups (broad SMARTS) is 2. The Labute approximate surface area is 161 Å². The molecule has 0 heterocycles. The lowest BCUT2D eigenvalue weighted by molar-refractivity contribution is -0.329. The minimum Gasteiger partial charge on any atom is -0.550 e.